The molecule has 0 radical (unpaired) electrons. The second-order valence-electron chi connectivity index (χ2n) is 7.01. The van der Waals surface area contributed by atoms with Gasteiger partial charge in [-0.1, -0.05) is 18.2 Å². The number of likely N-dealkylation sites (N-methyl/N-ethyl adjacent to an activating group) is 1. The molecule has 1 fully saturated rings. The van der Waals surface area contributed by atoms with Crippen LogP contribution >= 0.6 is 0 Å². The number of hydrogen-bond acceptors (Lipinski definition) is 3. The van der Waals surface area contributed by atoms with Crippen LogP contribution in [0.15, 0.2) is 48.8 Å². The average Bonchev–Trinajstić information content (AvgIpc) is 3.03. The van der Waals surface area contributed by atoms with Gasteiger partial charge in [-0.25, -0.2) is 0 Å². The molecule has 0 saturated carbocycles. The van der Waals surface area contributed by atoms with E-state index in [1.807, 2.05) is 18.5 Å². The lowest BCUT2D eigenvalue weighted by atomic mass is 10.0. The molecule has 1 aliphatic heterocycles. The third-order valence-corrected chi connectivity index (χ3v) is 5.26. The summed E-state index contributed by atoms with van der Waals surface area (Å²) in [4.78, 5) is 12.9. The van der Waals surface area contributed by atoms with E-state index in [0.29, 0.717) is 0 Å². The highest BCUT2D eigenvalue weighted by atomic mass is 15.2. The Balaban J connectivity index is 1.53. The lowest BCUT2D eigenvalue weighted by Gasteiger charge is -2.32. The Labute approximate surface area is 149 Å². The zero-order chi connectivity index (χ0) is 17.1. The maximum Gasteiger partial charge on any atom is 0.0512 e. The molecule has 130 valence electrons. The normalized spacial score (nSPS) is 16.5. The van der Waals surface area contributed by atoms with Gasteiger partial charge in [0.2, 0.25) is 0 Å². The Hall–Kier alpha value is -2.17. The van der Waals surface area contributed by atoms with Crippen molar-refractivity contribution in [2.75, 3.05) is 39.8 Å². The van der Waals surface area contributed by atoms with Gasteiger partial charge in [-0.15, -0.1) is 0 Å². The standard InChI is InChI=1S/C21H26N4/c1-24-12-14-25(15-13-24)11-5-8-19-18-7-2-3-9-20(18)23-21(19)17-6-4-10-22-16-17/h2-4,6-7,9-10,16,23H,5,8,11-15H2,1H3. The van der Waals surface area contributed by atoms with Crippen LogP contribution in [-0.2, 0) is 6.42 Å². The highest BCUT2D eigenvalue weighted by Gasteiger charge is 2.16. The Kier molecular flexibility index (Phi) is 4.81. The molecular formula is C21H26N4. The van der Waals surface area contributed by atoms with Gasteiger partial charge in [0.1, 0.15) is 0 Å². The molecule has 0 bridgehead atoms. The second-order valence-corrected chi connectivity index (χ2v) is 7.01. The number of fused-ring (bicyclic) bond motifs is 1. The number of aromatic amines is 1. The number of hydrogen-bond donors (Lipinski definition) is 1. The van der Waals surface area contributed by atoms with Crippen molar-refractivity contribution in [3.63, 3.8) is 0 Å². The molecule has 0 aliphatic carbocycles. The van der Waals surface area contributed by atoms with Crippen LogP contribution in [0, 0.1) is 0 Å². The molecule has 1 N–H and O–H groups in total. The van der Waals surface area contributed by atoms with Crippen molar-refractivity contribution >= 4 is 10.9 Å². The monoisotopic (exact) mass is 334 g/mol. The number of pyridine rings is 1. The Bertz CT molecular complexity index is 816. The van der Waals surface area contributed by atoms with Gasteiger partial charge < -0.3 is 14.8 Å². The third kappa shape index (κ3) is 3.60. The number of benzene rings is 1. The number of piperazine rings is 1. The number of aryl methyl sites for hydroxylation is 1. The summed E-state index contributed by atoms with van der Waals surface area (Å²) in [5.41, 5.74) is 5.05. The predicted octanol–water partition coefficient (Wildman–Crippen LogP) is 3.41. The lowest BCUT2D eigenvalue weighted by Crippen LogP contribution is -2.44. The maximum atomic E-state index is 4.30. The summed E-state index contributed by atoms with van der Waals surface area (Å²) in [6.45, 7) is 5.95. The fourth-order valence-electron chi connectivity index (χ4n) is 3.77. The van der Waals surface area contributed by atoms with E-state index in [4.69, 9.17) is 0 Å². The number of aromatic nitrogens is 2. The van der Waals surface area contributed by atoms with Gasteiger partial charge in [0, 0.05) is 55.0 Å². The first-order valence-electron chi connectivity index (χ1n) is 9.22. The fourth-order valence-corrected chi connectivity index (χ4v) is 3.77. The molecule has 2 aromatic heterocycles. The molecule has 0 unspecified atom stereocenters. The van der Waals surface area contributed by atoms with Crippen LogP contribution in [-0.4, -0.2) is 59.5 Å². The van der Waals surface area contributed by atoms with Crippen molar-refractivity contribution in [1.82, 2.24) is 19.8 Å². The number of nitrogens with one attached hydrogen (secondary N) is 1. The van der Waals surface area contributed by atoms with Crippen LogP contribution in [0.4, 0.5) is 0 Å². The summed E-state index contributed by atoms with van der Waals surface area (Å²) in [5.74, 6) is 0. The minimum atomic E-state index is 1.10. The van der Waals surface area contributed by atoms with Crippen LogP contribution in [0.3, 0.4) is 0 Å². The highest BCUT2D eigenvalue weighted by Crippen LogP contribution is 2.30. The van der Waals surface area contributed by atoms with Crippen molar-refractivity contribution in [3.05, 3.63) is 54.4 Å². The van der Waals surface area contributed by atoms with E-state index < -0.39 is 0 Å². The topological polar surface area (TPSA) is 35.2 Å². The Morgan fingerprint density at radius 1 is 1.04 bits per heavy atom. The molecule has 25 heavy (non-hydrogen) atoms. The van der Waals surface area contributed by atoms with Gasteiger partial charge in [-0.2, -0.15) is 0 Å². The molecule has 0 atom stereocenters. The summed E-state index contributed by atoms with van der Waals surface area (Å²) in [5, 5.41) is 1.35. The van der Waals surface area contributed by atoms with Gasteiger partial charge in [0.25, 0.3) is 0 Å². The van der Waals surface area contributed by atoms with Crippen LogP contribution in [0.1, 0.15) is 12.0 Å². The van der Waals surface area contributed by atoms with Gasteiger partial charge in [-0.3, -0.25) is 4.98 Å². The second kappa shape index (κ2) is 7.38. The average molecular weight is 334 g/mol. The van der Waals surface area contributed by atoms with Crippen molar-refractivity contribution in [1.29, 1.82) is 0 Å². The van der Waals surface area contributed by atoms with Crippen molar-refractivity contribution in [2.24, 2.45) is 0 Å². The minimum absolute atomic E-state index is 1.10. The van der Waals surface area contributed by atoms with E-state index in [1.165, 1.54) is 66.9 Å². The summed E-state index contributed by atoms with van der Waals surface area (Å²) in [7, 11) is 2.21. The third-order valence-electron chi connectivity index (χ3n) is 5.26. The smallest absolute Gasteiger partial charge is 0.0512 e. The Morgan fingerprint density at radius 3 is 2.68 bits per heavy atom. The van der Waals surface area contributed by atoms with E-state index in [1.54, 1.807) is 0 Å². The molecule has 4 nitrogen and oxygen atoms in total. The van der Waals surface area contributed by atoms with Gasteiger partial charge in [0.05, 0.1) is 5.69 Å². The van der Waals surface area contributed by atoms with Gasteiger partial charge >= 0.3 is 0 Å². The lowest BCUT2D eigenvalue weighted by molar-refractivity contribution is 0.153. The molecular weight excluding hydrogens is 308 g/mol. The SMILES string of the molecule is CN1CCN(CCCc2c(-c3cccnc3)[nH]c3ccccc23)CC1. The van der Waals surface area contributed by atoms with Crippen LogP contribution in [0.5, 0.6) is 0 Å². The van der Waals surface area contributed by atoms with E-state index in [9.17, 15) is 0 Å². The molecule has 4 heteroatoms. The Morgan fingerprint density at radius 2 is 1.88 bits per heavy atom. The van der Waals surface area contributed by atoms with Gasteiger partial charge in [0.15, 0.2) is 0 Å². The number of nitrogens with zero attached hydrogens (tertiary/aromatic N) is 3. The van der Waals surface area contributed by atoms with E-state index in [2.05, 4.69) is 57.1 Å². The maximum absolute atomic E-state index is 4.30. The molecule has 3 aromatic rings. The summed E-state index contributed by atoms with van der Waals surface area (Å²) >= 11 is 0. The molecule has 1 aromatic carbocycles. The molecule has 1 aliphatic rings. The van der Waals surface area contributed by atoms with Gasteiger partial charge in [-0.05, 0) is 50.2 Å². The zero-order valence-electron chi connectivity index (χ0n) is 14.9. The molecule has 1 saturated heterocycles. The van der Waals surface area contributed by atoms with Crippen LogP contribution < -0.4 is 0 Å². The fraction of sp³-hybridized carbons (Fsp3) is 0.381. The number of para-hydroxylation sites is 1. The highest BCUT2D eigenvalue weighted by molar-refractivity contribution is 5.90. The first kappa shape index (κ1) is 16.3. The van der Waals surface area contributed by atoms with E-state index in [-0.39, 0.29) is 0 Å². The number of rotatable bonds is 5. The molecule has 3 heterocycles. The van der Waals surface area contributed by atoms with E-state index >= 15 is 0 Å². The largest absolute Gasteiger partial charge is 0.354 e. The quantitative estimate of drug-likeness (QED) is 0.776. The summed E-state index contributed by atoms with van der Waals surface area (Å²) < 4.78 is 0. The first-order valence-corrected chi connectivity index (χ1v) is 9.22. The summed E-state index contributed by atoms with van der Waals surface area (Å²) in [6, 6.07) is 12.8. The molecule has 4 rings (SSSR count). The van der Waals surface area contributed by atoms with Crippen molar-refractivity contribution in [3.8, 4) is 11.3 Å². The molecule has 0 spiro atoms. The molecule has 0 amide bonds. The first-order chi connectivity index (χ1) is 12.3. The summed E-state index contributed by atoms with van der Waals surface area (Å²) in [6.07, 6.45) is 6.08. The number of H-pyrrole nitrogens is 1. The van der Waals surface area contributed by atoms with Crippen molar-refractivity contribution in [2.45, 2.75) is 12.8 Å². The predicted molar refractivity (Wildman–Crippen MR) is 104 cm³/mol. The van der Waals surface area contributed by atoms with Crippen LogP contribution in [0.25, 0.3) is 22.2 Å². The van der Waals surface area contributed by atoms with Crippen molar-refractivity contribution < 1.29 is 0 Å². The van der Waals surface area contributed by atoms with E-state index in [0.717, 1.165) is 6.42 Å². The minimum Gasteiger partial charge on any atom is -0.354 e. The zero-order valence-corrected chi connectivity index (χ0v) is 14.9. The van der Waals surface area contributed by atoms with Crippen LogP contribution in [0.2, 0.25) is 0 Å².